The zero-order chi connectivity index (χ0) is 3.41. The minimum atomic E-state index is -0.167. The molecule has 27 valence electrons. The predicted molar refractivity (Wildman–Crippen MR) is 15.8 cm³/mol. The van der Waals surface area contributed by atoms with Crippen molar-refractivity contribution >= 4 is 0 Å². The van der Waals surface area contributed by atoms with E-state index in [0.717, 1.165) is 0 Å². The molecule has 0 N–H and O–H groups in total. The Hall–Kier alpha value is 0.414. The first-order valence-corrected chi connectivity index (χ1v) is 1.11. The maximum absolute atomic E-state index is 9.18. The van der Waals surface area contributed by atoms with Crippen LogP contribution in [-0.4, -0.2) is 6.61 Å². The Morgan fingerprint density at radius 2 is 2.00 bits per heavy atom. The van der Waals surface area contributed by atoms with Gasteiger partial charge in [0.2, 0.25) is 0 Å². The van der Waals surface area contributed by atoms with Crippen LogP contribution >= 0.6 is 0 Å². The SMILES string of the molecule is C=CC[O].[Ti]. The maximum atomic E-state index is 9.18. The molecule has 1 nitrogen and oxygen atoms in total. The van der Waals surface area contributed by atoms with Gasteiger partial charge in [0.15, 0.2) is 0 Å². The Bertz CT molecular complexity index is 20.9. The Morgan fingerprint density at radius 3 is 2.00 bits per heavy atom. The van der Waals surface area contributed by atoms with E-state index in [4.69, 9.17) is 0 Å². The van der Waals surface area contributed by atoms with Gasteiger partial charge in [-0.05, 0) is 0 Å². The summed E-state index contributed by atoms with van der Waals surface area (Å²) in [4.78, 5) is 0. The van der Waals surface area contributed by atoms with Crippen LogP contribution in [0.5, 0.6) is 0 Å². The van der Waals surface area contributed by atoms with Crippen molar-refractivity contribution in [2.75, 3.05) is 6.61 Å². The van der Waals surface area contributed by atoms with Crippen LogP contribution in [0.15, 0.2) is 12.7 Å². The standard InChI is InChI=1S/C3H5O.Ti/c1-2-3-4;/h2H,1,3H2;. The second-order valence-electron chi connectivity index (χ2n) is 0.455. The van der Waals surface area contributed by atoms with Gasteiger partial charge in [0.05, 0.1) is 0 Å². The van der Waals surface area contributed by atoms with E-state index in [1.54, 1.807) is 0 Å². The summed E-state index contributed by atoms with van der Waals surface area (Å²) in [6.45, 7) is 3.00. The molecule has 0 heterocycles. The third-order valence-corrected chi connectivity index (χ3v) is 0.118. The first-order valence-electron chi connectivity index (χ1n) is 1.11. The van der Waals surface area contributed by atoms with Crippen molar-refractivity contribution in [3.05, 3.63) is 12.7 Å². The summed E-state index contributed by atoms with van der Waals surface area (Å²) in [6.07, 6.45) is 1.32. The molecule has 0 amide bonds. The second-order valence-corrected chi connectivity index (χ2v) is 0.455. The van der Waals surface area contributed by atoms with Gasteiger partial charge in [-0.25, -0.2) is 5.11 Å². The van der Waals surface area contributed by atoms with E-state index in [0.29, 0.717) is 0 Å². The average molecular weight is 105 g/mol. The zero-order valence-corrected chi connectivity index (χ0v) is 4.46. The molecule has 0 atom stereocenters. The maximum Gasteiger partial charge on any atom is 0.100 e. The van der Waals surface area contributed by atoms with Crippen molar-refractivity contribution in [1.29, 1.82) is 0 Å². The molecule has 0 unspecified atom stereocenters. The molecule has 5 heavy (non-hydrogen) atoms. The minimum absolute atomic E-state index is 0. The van der Waals surface area contributed by atoms with Crippen molar-refractivity contribution in [3.63, 3.8) is 0 Å². The van der Waals surface area contributed by atoms with Crippen molar-refractivity contribution in [2.45, 2.75) is 0 Å². The first-order chi connectivity index (χ1) is 1.91. The van der Waals surface area contributed by atoms with Gasteiger partial charge in [-0.2, -0.15) is 0 Å². The second kappa shape index (κ2) is 8.83. The molecule has 0 saturated heterocycles. The zero-order valence-electron chi connectivity index (χ0n) is 2.90. The molecule has 0 aliphatic rings. The van der Waals surface area contributed by atoms with Crippen molar-refractivity contribution < 1.29 is 26.8 Å². The van der Waals surface area contributed by atoms with E-state index in [1.807, 2.05) is 0 Å². The predicted octanol–water partition coefficient (Wildman–Crippen LogP) is 0.600. The molecular formula is C3H5OTi. The van der Waals surface area contributed by atoms with E-state index in [1.165, 1.54) is 6.08 Å². The molecule has 0 bridgehead atoms. The summed E-state index contributed by atoms with van der Waals surface area (Å²) in [5.74, 6) is 0. The summed E-state index contributed by atoms with van der Waals surface area (Å²) in [7, 11) is 0. The molecule has 0 aliphatic carbocycles. The fraction of sp³-hybridized carbons (Fsp3) is 0.333. The fourth-order valence-electron chi connectivity index (χ4n) is 0. The Kier molecular flexibility index (Phi) is 16.0. The van der Waals surface area contributed by atoms with Gasteiger partial charge in [0.1, 0.15) is 6.61 Å². The molecule has 1 radical (unpaired) electrons. The molecule has 0 fully saturated rings. The smallest absolute Gasteiger partial charge is 0.100 e. The monoisotopic (exact) mass is 105 g/mol. The third-order valence-electron chi connectivity index (χ3n) is 0.118. The quantitative estimate of drug-likeness (QED) is 0.343. The minimum Gasteiger partial charge on any atom is -0.232 e. The normalized spacial score (nSPS) is 5.00. The number of rotatable bonds is 1. The fourth-order valence-corrected chi connectivity index (χ4v) is 0. The summed E-state index contributed by atoms with van der Waals surface area (Å²) < 4.78 is 0. The largest absolute Gasteiger partial charge is 0.232 e. The molecular weight excluding hydrogens is 99.9 g/mol. The Balaban J connectivity index is 0. The Labute approximate surface area is 46.6 Å². The van der Waals surface area contributed by atoms with Gasteiger partial charge in [0, 0.05) is 21.7 Å². The van der Waals surface area contributed by atoms with Crippen LogP contribution in [-0.2, 0) is 26.8 Å². The molecule has 0 aromatic heterocycles. The van der Waals surface area contributed by atoms with Gasteiger partial charge in [0.25, 0.3) is 0 Å². The summed E-state index contributed by atoms with van der Waals surface area (Å²) in [5.41, 5.74) is 0. The molecule has 0 saturated carbocycles. The van der Waals surface area contributed by atoms with Gasteiger partial charge in [-0.3, -0.25) is 0 Å². The van der Waals surface area contributed by atoms with Gasteiger partial charge >= 0.3 is 0 Å². The Morgan fingerprint density at radius 1 is 1.80 bits per heavy atom. The number of hydrogen-bond donors (Lipinski definition) is 0. The topological polar surface area (TPSA) is 19.9 Å². The molecule has 0 aliphatic heterocycles. The molecule has 0 aromatic carbocycles. The van der Waals surface area contributed by atoms with Gasteiger partial charge in [-0.1, -0.05) is 6.08 Å². The molecule has 0 spiro atoms. The van der Waals surface area contributed by atoms with Crippen molar-refractivity contribution in [2.24, 2.45) is 0 Å². The average Bonchev–Trinajstić information content (AvgIpc) is 1.37. The van der Waals surface area contributed by atoms with Crippen LogP contribution in [0.1, 0.15) is 0 Å². The van der Waals surface area contributed by atoms with Crippen LogP contribution in [0.3, 0.4) is 0 Å². The van der Waals surface area contributed by atoms with E-state index in [-0.39, 0.29) is 28.3 Å². The van der Waals surface area contributed by atoms with Crippen molar-refractivity contribution in [1.82, 2.24) is 0 Å². The van der Waals surface area contributed by atoms with Gasteiger partial charge < -0.3 is 0 Å². The summed E-state index contributed by atoms with van der Waals surface area (Å²) >= 11 is 0. The van der Waals surface area contributed by atoms with Crippen LogP contribution in [0.4, 0.5) is 0 Å². The third kappa shape index (κ3) is 12.9. The first kappa shape index (κ1) is 9.05. The van der Waals surface area contributed by atoms with E-state index in [2.05, 4.69) is 6.58 Å². The van der Waals surface area contributed by atoms with Crippen molar-refractivity contribution in [3.8, 4) is 0 Å². The van der Waals surface area contributed by atoms with Gasteiger partial charge in [-0.15, -0.1) is 6.58 Å². The number of hydrogen-bond acceptors (Lipinski definition) is 0. The summed E-state index contributed by atoms with van der Waals surface area (Å²) in [5, 5.41) is 9.18. The molecule has 0 aromatic rings. The van der Waals surface area contributed by atoms with Crippen LogP contribution < -0.4 is 0 Å². The van der Waals surface area contributed by atoms with E-state index >= 15 is 0 Å². The summed E-state index contributed by atoms with van der Waals surface area (Å²) in [6, 6.07) is 0. The van der Waals surface area contributed by atoms with E-state index < -0.39 is 0 Å². The van der Waals surface area contributed by atoms with Crippen LogP contribution in [0.25, 0.3) is 0 Å². The van der Waals surface area contributed by atoms with Crippen LogP contribution in [0.2, 0.25) is 0 Å². The molecule has 2 heteroatoms. The van der Waals surface area contributed by atoms with E-state index in [9.17, 15) is 5.11 Å². The van der Waals surface area contributed by atoms with Crippen LogP contribution in [0, 0.1) is 0 Å². The molecule has 0 rings (SSSR count).